The minimum absolute atomic E-state index is 0.0318. The number of hydrogen-bond acceptors (Lipinski definition) is 5. The normalized spacial score (nSPS) is 15.6. The molecule has 0 saturated heterocycles. The summed E-state index contributed by atoms with van der Waals surface area (Å²) in [6.07, 6.45) is 0.277. The lowest BCUT2D eigenvalue weighted by molar-refractivity contribution is -0.141. The van der Waals surface area contributed by atoms with Crippen LogP contribution in [0.3, 0.4) is 0 Å². The number of benzene rings is 1. The Kier molecular flexibility index (Phi) is 5.86. The molecule has 1 fully saturated rings. The Morgan fingerprint density at radius 1 is 1.00 bits per heavy atom. The summed E-state index contributed by atoms with van der Waals surface area (Å²) in [4.78, 5) is 7.75. The number of nitrogens with zero attached hydrogens (tertiary/aromatic N) is 2. The van der Waals surface area contributed by atoms with Crippen molar-refractivity contribution >= 4 is 40.7 Å². The Morgan fingerprint density at radius 3 is 2.22 bits per heavy atom. The van der Waals surface area contributed by atoms with Crippen LogP contribution in [0, 0.1) is 0 Å². The fourth-order valence-electron chi connectivity index (χ4n) is 2.94. The van der Waals surface area contributed by atoms with Crippen LogP contribution in [-0.2, 0) is 6.18 Å². The highest BCUT2D eigenvalue weighted by molar-refractivity contribution is 6.37. The van der Waals surface area contributed by atoms with E-state index in [2.05, 4.69) is 20.6 Å². The summed E-state index contributed by atoms with van der Waals surface area (Å²) in [6, 6.07) is 3.53. The minimum atomic E-state index is -4.62. The standard InChI is InChI=1S/C17H17Cl2F3N4O/c18-11-6-10(7-12(19)15(11)27)23-14-8-13(17(20,21)22)25-16(26-14)24-9-4-2-1-3-5-9/h6-9,27H,1-5H2,(H2,23,24,25,26). The second kappa shape index (κ2) is 7.98. The molecular weight excluding hydrogens is 404 g/mol. The van der Waals surface area contributed by atoms with Crippen LogP contribution in [0.1, 0.15) is 37.8 Å². The third-order valence-electron chi connectivity index (χ3n) is 4.24. The van der Waals surface area contributed by atoms with Crippen LogP contribution >= 0.6 is 23.2 Å². The van der Waals surface area contributed by atoms with E-state index in [0.29, 0.717) is 5.69 Å². The molecule has 0 atom stereocenters. The van der Waals surface area contributed by atoms with Crippen molar-refractivity contribution < 1.29 is 18.3 Å². The minimum Gasteiger partial charge on any atom is -0.505 e. The van der Waals surface area contributed by atoms with Gasteiger partial charge in [-0.1, -0.05) is 42.5 Å². The van der Waals surface area contributed by atoms with Crippen LogP contribution in [0.25, 0.3) is 0 Å². The molecule has 5 nitrogen and oxygen atoms in total. The van der Waals surface area contributed by atoms with Gasteiger partial charge in [0, 0.05) is 17.8 Å². The van der Waals surface area contributed by atoms with Gasteiger partial charge in [0.25, 0.3) is 0 Å². The summed E-state index contributed by atoms with van der Waals surface area (Å²) in [6.45, 7) is 0. The number of alkyl halides is 3. The lowest BCUT2D eigenvalue weighted by Crippen LogP contribution is -2.24. The zero-order valence-corrected chi connectivity index (χ0v) is 15.6. The Bertz CT molecular complexity index is 803. The van der Waals surface area contributed by atoms with E-state index in [0.717, 1.165) is 38.2 Å². The summed E-state index contributed by atoms with van der Waals surface area (Å²) < 4.78 is 39.7. The highest BCUT2D eigenvalue weighted by Gasteiger charge is 2.34. The maximum absolute atomic E-state index is 13.2. The zero-order chi connectivity index (χ0) is 19.6. The topological polar surface area (TPSA) is 70.1 Å². The lowest BCUT2D eigenvalue weighted by atomic mass is 9.96. The summed E-state index contributed by atoms with van der Waals surface area (Å²) >= 11 is 11.7. The Morgan fingerprint density at radius 2 is 1.63 bits per heavy atom. The van der Waals surface area contributed by atoms with E-state index in [1.165, 1.54) is 12.1 Å². The molecule has 0 bridgehead atoms. The number of hydrogen-bond donors (Lipinski definition) is 3. The van der Waals surface area contributed by atoms with E-state index >= 15 is 0 Å². The van der Waals surface area contributed by atoms with Crippen molar-refractivity contribution in [3.05, 3.63) is 33.9 Å². The molecule has 1 aromatic carbocycles. The molecule has 1 aliphatic rings. The number of halogens is 5. The Balaban J connectivity index is 1.90. The largest absolute Gasteiger partial charge is 0.505 e. The second-order valence-electron chi connectivity index (χ2n) is 6.35. The number of phenolic OH excluding ortho intramolecular Hbond substituents is 1. The monoisotopic (exact) mass is 420 g/mol. The molecule has 0 aliphatic heterocycles. The van der Waals surface area contributed by atoms with E-state index in [-0.39, 0.29) is 33.6 Å². The third-order valence-corrected chi connectivity index (χ3v) is 4.82. The first-order chi connectivity index (χ1) is 12.7. The first-order valence-electron chi connectivity index (χ1n) is 8.40. The fourth-order valence-corrected chi connectivity index (χ4v) is 3.42. The van der Waals surface area contributed by atoms with Gasteiger partial charge in [0.2, 0.25) is 5.95 Å². The van der Waals surface area contributed by atoms with Gasteiger partial charge in [0.1, 0.15) is 5.82 Å². The van der Waals surface area contributed by atoms with Gasteiger partial charge < -0.3 is 15.7 Å². The number of phenols is 1. The second-order valence-corrected chi connectivity index (χ2v) is 7.17. The zero-order valence-electron chi connectivity index (χ0n) is 14.1. The molecule has 0 radical (unpaired) electrons. The van der Waals surface area contributed by atoms with Gasteiger partial charge in [-0.05, 0) is 25.0 Å². The lowest BCUT2D eigenvalue weighted by Gasteiger charge is -2.23. The quantitative estimate of drug-likeness (QED) is 0.529. The molecule has 3 rings (SSSR count). The van der Waals surface area contributed by atoms with Gasteiger partial charge in [0.05, 0.1) is 10.0 Å². The molecule has 2 aromatic rings. The molecule has 0 amide bonds. The summed E-state index contributed by atoms with van der Waals surface area (Å²) in [5.74, 6) is -0.453. The number of aromatic nitrogens is 2. The van der Waals surface area contributed by atoms with Gasteiger partial charge in [-0.25, -0.2) is 4.98 Å². The molecule has 0 unspecified atom stereocenters. The SMILES string of the molecule is Oc1c(Cl)cc(Nc2cc(C(F)(F)F)nc(NC3CCCCC3)n2)cc1Cl. The molecule has 27 heavy (non-hydrogen) atoms. The van der Waals surface area contributed by atoms with Gasteiger partial charge in [-0.3, -0.25) is 0 Å². The first kappa shape index (κ1) is 19.8. The highest BCUT2D eigenvalue weighted by atomic mass is 35.5. The number of nitrogens with one attached hydrogen (secondary N) is 2. The van der Waals surface area contributed by atoms with E-state index in [1.54, 1.807) is 0 Å². The first-order valence-corrected chi connectivity index (χ1v) is 9.16. The van der Waals surface area contributed by atoms with Crippen molar-refractivity contribution in [1.82, 2.24) is 9.97 Å². The fraction of sp³-hybridized carbons (Fsp3) is 0.412. The van der Waals surface area contributed by atoms with Gasteiger partial charge in [-0.2, -0.15) is 18.2 Å². The van der Waals surface area contributed by atoms with E-state index < -0.39 is 11.9 Å². The maximum Gasteiger partial charge on any atom is 0.433 e. The van der Waals surface area contributed by atoms with Crippen LogP contribution in [0.15, 0.2) is 18.2 Å². The highest BCUT2D eigenvalue weighted by Crippen LogP contribution is 2.36. The molecule has 0 spiro atoms. The summed E-state index contributed by atoms with van der Waals surface area (Å²) in [5.41, 5.74) is -0.771. The van der Waals surface area contributed by atoms with Crippen molar-refractivity contribution in [2.75, 3.05) is 10.6 Å². The number of aromatic hydroxyl groups is 1. The van der Waals surface area contributed by atoms with E-state index in [1.807, 2.05) is 0 Å². The van der Waals surface area contributed by atoms with Crippen LogP contribution in [0.5, 0.6) is 5.75 Å². The molecule has 1 heterocycles. The van der Waals surface area contributed by atoms with Crippen molar-refractivity contribution in [2.24, 2.45) is 0 Å². The molecular formula is C17H17Cl2F3N4O. The maximum atomic E-state index is 13.2. The van der Waals surface area contributed by atoms with Gasteiger partial charge in [0.15, 0.2) is 11.4 Å². The molecule has 1 aliphatic carbocycles. The van der Waals surface area contributed by atoms with Crippen molar-refractivity contribution in [3.8, 4) is 5.75 Å². The molecule has 146 valence electrons. The van der Waals surface area contributed by atoms with Gasteiger partial charge in [-0.15, -0.1) is 0 Å². The van der Waals surface area contributed by atoms with Crippen molar-refractivity contribution in [3.63, 3.8) is 0 Å². The van der Waals surface area contributed by atoms with Crippen LogP contribution < -0.4 is 10.6 Å². The molecule has 1 aromatic heterocycles. The van der Waals surface area contributed by atoms with E-state index in [4.69, 9.17) is 23.2 Å². The molecule has 3 N–H and O–H groups in total. The number of anilines is 3. The average Bonchev–Trinajstić information content (AvgIpc) is 2.59. The third kappa shape index (κ3) is 5.07. The number of rotatable bonds is 4. The summed E-state index contributed by atoms with van der Waals surface area (Å²) in [7, 11) is 0. The van der Waals surface area contributed by atoms with Crippen LogP contribution in [0.2, 0.25) is 10.0 Å². The predicted octanol–water partition coefficient (Wildman–Crippen LogP) is 6.00. The van der Waals surface area contributed by atoms with Crippen molar-refractivity contribution in [2.45, 2.75) is 44.3 Å². The van der Waals surface area contributed by atoms with E-state index in [9.17, 15) is 18.3 Å². The Labute approximate surface area is 163 Å². The Hall–Kier alpha value is -1.93. The summed E-state index contributed by atoms with van der Waals surface area (Å²) in [5, 5.41) is 15.3. The van der Waals surface area contributed by atoms with Gasteiger partial charge >= 0.3 is 6.18 Å². The van der Waals surface area contributed by atoms with Crippen molar-refractivity contribution in [1.29, 1.82) is 0 Å². The molecule has 1 saturated carbocycles. The average molecular weight is 421 g/mol. The van der Waals surface area contributed by atoms with Crippen LogP contribution in [-0.4, -0.2) is 21.1 Å². The molecule has 10 heteroatoms. The smallest absolute Gasteiger partial charge is 0.433 e. The van der Waals surface area contributed by atoms with Crippen LogP contribution in [0.4, 0.5) is 30.6 Å². The predicted molar refractivity (Wildman–Crippen MR) is 98.9 cm³/mol.